The van der Waals surface area contributed by atoms with Crippen LogP contribution < -0.4 is 14.4 Å². The Balaban J connectivity index is 1.87. The zero-order chi connectivity index (χ0) is 18.0. The van der Waals surface area contributed by atoms with Gasteiger partial charge in [-0.25, -0.2) is 13.1 Å². The van der Waals surface area contributed by atoms with E-state index < -0.39 is 10.0 Å². The van der Waals surface area contributed by atoms with Gasteiger partial charge in [0.15, 0.2) is 0 Å². The van der Waals surface area contributed by atoms with Crippen molar-refractivity contribution in [2.24, 2.45) is 0 Å². The van der Waals surface area contributed by atoms with Crippen LogP contribution in [0.1, 0.15) is 19.4 Å². The molecule has 1 atom stereocenters. The van der Waals surface area contributed by atoms with Crippen molar-refractivity contribution in [2.75, 3.05) is 11.4 Å². The van der Waals surface area contributed by atoms with Gasteiger partial charge in [-0.05, 0) is 42.8 Å². The van der Waals surface area contributed by atoms with Gasteiger partial charge in [0.1, 0.15) is 11.9 Å². The molecule has 0 saturated heterocycles. The SMILES string of the molecule is CC(=O)N1CC(C)Oc2ccc(S(=O)(=O)NCc3ccncc3)cc21. The quantitative estimate of drug-likeness (QED) is 0.895. The van der Waals surface area contributed by atoms with Gasteiger partial charge in [-0.3, -0.25) is 9.78 Å². The van der Waals surface area contributed by atoms with Gasteiger partial charge in [-0.2, -0.15) is 0 Å². The van der Waals surface area contributed by atoms with Crippen molar-refractivity contribution in [2.45, 2.75) is 31.4 Å². The number of pyridine rings is 1. The monoisotopic (exact) mass is 361 g/mol. The van der Waals surface area contributed by atoms with E-state index >= 15 is 0 Å². The van der Waals surface area contributed by atoms with E-state index in [4.69, 9.17) is 4.74 Å². The third-order valence-electron chi connectivity index (χ3n) is 3.90. The molecular weight excluding hydrogens is 342 g/mol. The number of rotatable bonds is 4. The number of hydrogen-bond donors (Lipinski definition) is 1. The van der Waals surface area contributed by atoms with Gasteiger partial charge in [-0.15, -0.1) is 0 Å². The summed E-state index contributed by atoms with van der Waals surface area (Å²) in [5.41, 5.74) is 1.27. The number of benzene rings is 1. The zero-order valence-corrected chi connectivity index (χ0v) is 14.8. The van der Waals surface area contributed by atoms with Crippen LogP contribution in [0.5, 0.6) is 5.75 Å². The molecule has 132 valence electrons. The van der Waals surface area contributed by atoms with Crippen molar-refractivity contribution in [1.29, 1.82) is 0 Å². The molecule has 1 aliphatic heterocycles. The maximum atomic E-state index is 12.6. The topological polar surface area (TPSA) is 88.6 Å². The molecular formula is C17H19N3O4S. The highest BCUT2D eigenvalue weighted by atomic mass is 32.2. The molecule has 0 aliphatic carbocycles. The molecule has 2 heterocycles. The Morgan fingerprint density at radius 2 is 2.04 bits per heavy atom. The first-order chi connectivity index (χ1) is 11.9. The van der Waals surface area contributed by atoms with Crippen LogP contribution in [0.15, 0.2) is 47.6 Å². The lowest BCUT2D eigenvalue weighted by Gasteiger charge is -2.33. The number of ether oxygens (including phenoxy) is 1. The number of aromatic nitrogens is 1. The summed E-state index contributed by atoms with van der Waals surface area (Å²) in [6.45, 7) is 3.85. The first-order valence-electron chi connectivity index (χ1n) is 7.84. The Kier molecular flexibility index (Phi) is 4.73. The number of sulfonamides is 1. The van der Waals surface area contributed by atoms with Crippen molar-refractivity contribution < 1.29 is 17.9 Å². The minimum atomic E-state index is -3.72. The molecule has 0 radical (unpaired) electrons. The maximum Gasteiger partial charge on any atom is 0.240 e. The third-order valence-corrected chi connectivity index (χ3v) is 5.29. The summed E-state index contributed by atoms with van der Waals surface area (Å²) in [5.74, 6) is 0.345. The second-order valence-electron chi connectivity index (χ2n) is 5.87. The average Bonchev–Trinajstić information content (AvgIpc) is 2.59. The van der Waals surface area contributed by atoms with E-state index in [1.165, 1.54) is 24.0 Å². The molecule has 1 amide bonds. The Bertz CT molecular complexity index is 884. The van der Waals surface area contributed by atoms with E-state index in [-0.39, 0.29) is 23.5 Å². The molecule has 25 heavy (non-hydrogen) atoms. The summed E-state index contributed by atoms with van der Waals surface area (Å²) in [7, 11) is -3.72. The summed E-state index contributed by atoms with van der Waals surface area (Å²) in [6.07, 6.45) is 3.06. The van der Waals surface area contributed by atoms with E-state index in [1.807, 2.05) is 6.92 Å². The number of nitrogens with one attached hydrogen (secondary N) is 1. The summed E-state index contributed by atoms with van der Waals surface area (Å²) < 4.78 is 33.4. The van der Waals surface area contributed by atoms with Gasteiger partial charge >= 0.3 is 0 Å². The first kappa shape index (κ1) is 17.4. The second-order valence-corrected chi connectivity index (χ2v) is 7.63. The molecule has 8 heteroatoms. The summed E-state index contributed by atoms with van der Waals surface area (Å²) >= 11 is 0. The van der Waals surface area contributed by atoms with E-state index in [0.29, 0.717) is 18.0 Å². The normalized spacial score (nSPS) is 16.9. The van der Waals surface area contributed by atoms with Crippen molar-refractivity contribution in [3.8, 4) is 5.75 Å². The molecule has 1 N–H and O–H groups in total. The molecule has 7 nitrogen and oxygen atoms in total. The second kappa shape index (κ2) is 6.81. The number of anilines is 1. The summed E-state index contributed by atoms with van der Waals surface area (Å²) in [6, 6.07) is 8.01. The van der Waals surface area contributed by atoms with Gasteiger partial charge in [0.05, 0.1) is 17.1 Å². The molecule has 3 rings (SSSR count). The zero-order valence-electron chi connectivity index (χ0n) is 14.0. The van der Waals surface area contributed by atoms with Gasteiger partial charge < -0.3 is 9.64 Å². The average molecular weight is 361 g/mol. The molecule has 1 aromatic heterocycles. The first-order valence-corrected chi connectivity index (χ1v) is 9.32. The molecule has 1 aliphatic rings. The fraction of sp³-hybridized carbons (Fsp3) is 0.294. The van der Waals surface area contributed by atoms with E-state index in [1.54, 1.807) is 30.6 Å². The Morgan fingerprint density at radius 1 is 1.32 bits per heavy atom. The van der Waals surface area contributed by atoms with E-state index in [0.717, 1.165) is 5.56 Å². The van der Waals surface area contributed by atoms with Crippen LogP contribution >= 0.6 is 0 Å². The van der Waals surface area contributed by atoms with Crippen molar-refractivity contribution in [1.82, 2.24) is 9.71 Å². The summed E-state index contributed by atoms with van der Waals surface area (Å²) in [4.78, 5) is 17.4. The Labute approximate surface area is 146 Å². The Hall–Kier alpha value is -2.45. The predicted molar refractivity (Wildman–Crippen MR) is 92.8 cm³/mol. The minimum absolute atomic E-state index is 0.0877. The lowest BCUT2D eigenvalue weighted by Crippen LogP contribution is -2.41. The third kappa shape index (κ3) is 3.80. The van der Waals surface area contributed by atoms with Crippen LogP contribution in [0.4, 0.5) is 5.69 Å². The molecule has 0 bridgehead atoms. The predicted octanol–water partition coefficient (Wildman–Crippen LogP) is 1.69. The highest BCUT2D eigenvalue weighted by Crippen LogP contribution is 2.35. The van der Waals surface area contributed by atoms with Crippen LogP contribution in [0.2, 0.25) is 0 Å². The number of amides is 1. The van der Waals surface area contributed by atoms with Crippen LogP contribution in [0, 0.1) is 0 Å². The lowest BCUT2D eigenvalue weighted by atomic mass is 10.2. The number of carbonyl (C=O) groups excluding carboxylic acids is 1. The lowest BCUT2D eigenvalue weighted by molar-refractivity contribution is -0.117. The maximum absolute atomic E-state index is 12.6. The molecule has 1 unspecified atom stereocenters. The van der Waals surface area contributed by atoms with Crippen molar-refractivity contribution >= 4 is 21.6 Å². The minimum Gasteiger partial charge on any atom is -0.487 e. The van der Waals surface area contributed by atoms with Crippen LogP contribution in [-0.2, 0) is 21.4 Å². The molecule has 0 fully saturated rings. The number of carbonyl (C=O) groups is 1. The smallest absolute Gasteiger partial charge is 0.240 e. The fourth-order valence-corrected chi connectivity index (χ4v) is 3.68. The standard InChI is InChI=1S/C17H19N3O4S/c1-12-11-20(13(2)21)16-9-15(3-4-17(16)24-12)25(22,23)19-10-14-5-7-18-8-6-14/h3-9,12,19H,10-11H2,1-2H3. The molecule has 0 spiro atoms. The Morgan fingerprint density at radius 3 is 2.72 bits per heavy atom. The van der Waals surface area contributed by atoms with E-state index in [2.05, 4.69) is 9.71 Å². The molecule has 0 saturated carbocycles. The molecule has 2 aromatic rings. The van der Waals surface area contributed by atoms with Crippen LogP contribution in [-0.4, -0.2) is 32.0 Å². The summed E-state index contributed by atoms with van der Waals surface area (Å²) in [5, 5.41) is 0. The highest BCUT2D eigenvalue weighted by molar-refractivity contribution is 7.89. The number of fused-ring (bicyclic) bond motifs is 1. The highest BCUT2D eigenvalue weighted by Gasteiger charge is 2.27. The largest absolute Gasteiger partial charge is 0.487 e. The number of nitrogens with zero attached hydrogens (tertiary/aromatic N) is 2. The number of hydrogen-bond acceptors (Lipinski definition) is 5. The van der Waals surface area contributed by atoms with Crippen LogP contribution in [0.3, 0.4) is 0 Å². The van der Waals surface area contributed by atoms with E-state index in [9.17, 15) is 13.2 Å². The molecule has 1 aromatic carbocycles. The van der Waals surface area contributed by atoms with Gasteiger partial charge in [0.25, 0.3) is 0 Å². The van der Waals surface area contributed by atoms with Gasteiger partial charge in [-0.1, -0.05) is 0 Å². The van der Waals surface area contributed by atoms with Crippen LogP contribution in [0.25, 0.3) is 0 Å². The van der Waals surface area contributed by atoms with Gasteiger partial charge in [0, 0.05) is 25.9 Å². The van der Waals surface area contributed by atoms with Crippen molar-refractivity contribution in [3.63, 3.8) is 0 Å². The van der Waals surface area contributed by atoms with Crippen molar-refractivity contribution in [3.05, 3.63) is 48.3 Å². The van der Waals surface area contributed by atoms with Gasteiger partial charge in [0.2, 0.25) is 15.9 Å². The fourth-order valence-electron chi connectivity index (χ4n) is 2.64.